The zero-order valence-electron chi connectivity index (χ0n) is 14.8. The number of aromatic nitrogens is 2. The molecule has 0 aliphatic heterocycles. The highest BCUT2D eigenvalue weighted by Gasteiger charge is 2.07. The van der Waals surface area contributed by atoms with Crippen molar-refractivity contribution >= 4 is 17.3 Å². The van der Waals surface area contributed by atoms with E-state index in [9.17, 15) is 4.39 Å². The maximum Gasteiger partial charge on any atom is 0.142 e. The van der Waals surface area contributed by atoms with Gasteiger partial charge in [0.25, 0.3) is 0 Å². The van der Waals surface area contributed by atoms with Crippen molar-refractivity contribution in [1.29, 1.82) is 0 Å². The quantitative estimate of drug-likeness (QED) is 0.647. The van der Waals surface area contributed by atoms with Crippen LogP contribution in [0.1, 0.15) is 18.3 Å². The summed E-state index contributed by atoms with van der Waals surface area (Å²) in [4.78, 5) is 8.77. The molecule has 1 aromatic heterocycles. The van der Waals surface area contributed by atoms with Gasteiger partial charge in [-0.05, 0) is 32.0 Å². The van der Waals surface area contributed by atoms with E-state index in [-0.39, 0.29) is 5.82 Å². The summed E-state index contributed by atoms with van der Waals surface area (Å²) in [5.74, 6) is 2.39. The largest absolute Gasteiger partial charge is 0.492 e. The lowest BCUT2D eigenvalue weighted by atomic mass is 10.2. The Kier molecular flexibility index (Phi) is 5.63. The Morgan fingerprint density at radius 1 is 1.00 bits per heavy atom. The third kappa shape index (κ3) is 4.47. The third-order valence-corrected chi connectivity index (χ3v) is 3.71. The first kappa shape index (κ1) is 17.7. The number of rotatable bonds is 7. The van der Waals surface area contributed by atoms with Gasteiger partial charge in [0.05, 0.1) is 12.3 Å². The molecule has 26 heavy (non-hydrogen) atoms. The molecule has 0 saturated heterocycles. The van der Waals surface area contributed by atoms with Crippen LogP contribution < -0.4 is 15.4 Å². The lowest BCUT2D eigenvalue weighted by Crippen LogP contribution is -2.06. The van der Waals surface area contributed by atoms with Crippen LogP contribution in [0.5, 0.6) is 5.75 Å². The van der Waals surface area contributed by atoms with Crippen LogP contribution in [0.4, 0.5) is 21.7 Å². The molecule has 6 heteroatoms. The summed E-state index contributed by atoms with van der Waals surface area (Å²) in [6.07, 6.45) is 0. The molecule has 0 atom stereocenters. The molecular formula is C20H21FN4O. The minimum Gasteiger partial charge on any atom is -0.492 e. The molecule has 5 nitrogen and oxygen atoms in total. The molecule has 0 bridgehead atoms. The van der Waals surface area contributed by atoms with Gasteiger partial charge in [-0.1, -0.05) is 30.3 Å². The standard InChI is InChI=1S/C20H21FN4O/c1-3-26-18-11-7-6-10-17(18)25-20-12-19(23-14(2)24-20)22-13-15-8-4-5-9-16(15)21/h4-12H,3,13H2,1-2H3,(H2,22,23,24,25). The van der Waals surface area contributed by atoms with Crippen molar-refractivity contribution in [2.45, 2.75) is 20.4 Å². The van der Waals surface area contributed by atoms with Crippen LogP contribution in [0, 0.1) is 12.7 Å². The fourth-order valence-electron chi connectivity index (χ4n) is 2.54. The van der Waals surface area contributed by atoms with Gasteiger partial charge in [0.1, 0.15) is 29.0 Å². The number of benzene rings is 2. The first-order valence-corrected chi connectivity index (χ1v) is 8.47. The summed E-state index contributed by atoms with van der Waals surface area (Å²) in [5.41, 5.74) is 1.41. The van der Waals surface area contributed by atoms with Crippen LogP contribution in [-0.2, 0) is 6.54 Å². The molecule has 0 fully saturated rings. The van der Waals surface area contributed by atoms with Crippen molar-refractivity contribution in [1.82, 2.24) is 9.97 Å². The van der Waals surface area contributed by atoms with Gasteiger partial charge >= 0.3 is 0 Å². The summed E-state index contributed by atoms with van der Waals surface area (Å²) < 4.78 is 19.4. The predicted octanol–water partition coefficient (Wildman–Crippen LogP) is 4.68. The molecular weight excluding hydrogens is 331 g/mol. The first-order valence-electron chi connectivity index (χ1n) is 8.47. The molecule has 3 aromatic rings. The molecule has 2 N–H and O–H groups in total. The number of hydrogen-bond donors (Lipinski definition) is 2. The van der Waals surface area contributed by atoms with Crippen LogP contribution in [-0.4, -0.2) is 16.6 Å². The number of anilines is 3. The van der Waals surface area contributed by atoms with E-state index in [0.717, 1.165) is 11.4 Å². The molecule has 134 valence electrons. The topological polar surface area (TPSA) is 59.1 Å². The van der Waals surface area contributed by atoms with E-state index in [1.807, 2.05) is 44.2 Å². The Morgan fingerprint density at radius 2 is 1.73 bits per heavy atom. The van der Waals surface area contributed by atoms with Gasteiger partial charge in [-0.3, -0.25) is 0 Å². The van der Waals surface area contributed by atoms with E-state index in [0.29, 0.717) is 36.2 Å². The molecule has 1 heterocycles. The normalized spacial score (nSPS) is 10.4. The van der Waals surface area contributed by atoms with E-state index in [1.165, 1.54) is 6.07 Å². The van der Waals surface area contributed by atoms with E-state index in [1.54, 1.807) is 18.2 Å². The smallest absolute Gasteiger partial charge is 0.142 e. The van der Waals surface area contributed by atoms with Crippen LogP contribution in [0.25, 0.3) is 0 Å². The van der Waals surface area contributed by atoms with Crippen molar-refractivity contribution in [2.24, 2.45) is 0 Å². The molecule has 3 rings (SSSR count). The van der Waals surface area contributed by atoms with Gasteiger partial charge in [-0.2, -0.15) is 0 Å². The maximum atomic E-state index is 13.8. The number of para-hydroxylation sites is 2. The van der Waals surface area contributed by atoms with Crippen molar-refractivity contribution in [3.05, 3.63) is 71.8 Å². The predicted molar refractivity (Wildman–Crippen MR) is 101 cm³/mol. The summed E-state index contributed by atoms with van der Waals surface area (Å²) in [7, 11) is 0. The number of ether oxygens (including phenoxy) is 1. The average molecular weight is 352 g/mol. The zero-order chi connectivity index (χ0) is 18.4. The van der Waals surface area contributed by atoms with Crippen molar-refractivity contribution in [3.8, 4) is 5.75 Å². The molecule has 0 saturated carbocycles. The van der Waals surface area contributed by atoms with E-state index >= 15 is 0 Å². The second kappa shape index (κ2) is 8.29. The van der Waals surface area contributed by atoms with Crippen molar-refractivity contribution in [3.63, 3.8) is 0 Å². The van der Waals surface area contributed by atoms with Crippen LogP contribution >= 0.6 is 0 Å². The number of hydrogen-bond acceptors (Lipinski definition) is 5. The van der Waals surface area contributed by atoms with Gasteiger partial charge in [-0.25, -0.2) is 14.4 Å². The summed E-state index contributed by atoms with van der Waals surface area (Å²) >= 11 is 0. The molecule has 0 aliphatic rings. The number of aryl methyl sites for hydroxylation is 1. The van der Waals surface area contributed by atoms with Crippen molar-refractivity contribution in [2.75, 3.05) is 17.2 Å². The molecule has 2 aromatic carbocycles. The molecule has 0 aliphatic carbocycles. The van der Waals surface area contributed by atoms with E-state index in [4.69, 9.17) is 4.74 Å². The van der Waals surface area contributed by atoms with Crippen molar-refractivity contribution < 1.29 is 9.13 Å². The van der Waals surface area contributed by atoms with Gasteiger partial charge in [-0.15, -0.1) is 0 Å². The highest BCUT2D eigenvalue weighted by atomic mass is 19.1. The van der Waals surface area contributed by atoms with Gasteiger partial charge in [0.2, 0.25) is 0 Å². The summed E-state index contributed by atoms with van der Waals surface area (Å²) in [6, 6.07) is 16.1. The second-order valence-corrected chi connectivity index (χ2v) is 5.68. The number of nitrogens with zero attached hydrogens (tertiary/aromatic N) is 2. The van der Waals surface area contributed by atoms with E-state index in [2.05, 4.69) is 20.6 Å². The Labute approximate surface area is 152 Å². The molecule has 0 radical (unpaired) electrons. The Hall–Kier alpha value is -3.15. The summed E-state index contributed by atoms with van der Waals surface area (Å²) in [6.45, 7) is 4.68. The maximum absolute atomic E-state index is 13.8. The van der Waals surface area contributed by atoms with Crippen LogP contribution in [0.3, 0.4) is 0 Å². The Balaban J connectivity index is 1.77. The third-order valence-electron chi connectivity index (χ3n) is 3.71. The lowest BCUT2D eigenvalue weighted by Gasteiger charge is -2.13. The molecule has 0 amide bonds. The SMILES string of the molecule is CCOc1ccccc1Nc1cc(NCc2ccccc2F)nc(C)n1. The molecule has 0 spiro atoms. The lowest BCUT2D eigenvalue weighted by molar-refractivity contribution is 0.342. The second-order valence-electron chi connectivity index (χ2n) is 5.68. The average Bonchev–Trinajstić information content (AvgIpc) is 2.62. The Bertz CT molecular complexity index is 885. The minimum absolute atomic E-state index is 0.241. The van der Waals surface area contributed by atoms with Crippen LogP contribution in [0.15, 0.2) is 54.6 Å². The van der Waals surface area contributed by atoms with Gasteiger partial charge < -0.3 is 15.4 Å². The Morgan fingerprint density at radius 3 is 2.54 bits per heavy atom. The van der Waals surface area contributed by atoms with E-state index < -0.39 is 0 Å². The van der Waals surface area contributed by atoms with Crippen LogP contribution in [0.2, 0.25) is 0 Å². The minimum atomic E-state index is -0.241. The molecule has 0 unspecified atom stereocenters. The first-order chi connectivity index (χ1) is 12.7. The number of nitrogens with one attached hydrogen (secondary N) is 2. The number of halogens is 1. The fraction of sp³-hybridized carbons (Fsp3) is 0.200. The fourth-order valence-corrected chi connectivity index (χ4v) is 2.54. The van der Waals surface area contributed by atoms with Gasteiger partial charge in [0.15, 0.2) is 0 Å². The highest BCUT2D eigenvalue weighted by Crippen LogP contribution is 2.27. The van der Waals surface area contributed by atoms with Gasteiger partial charge in [0, 0.05) is 18.2 Å². The highest BCUT2D eigenvalue weighted by molar-refractivity contribution is 5.65. The zero-order valence-corrected chi connectivity index (χ0v) is 14.8. The summed E-state index contributed by atoms with van der Waals surface area (Å²) in [5, 5.41) is 6.40. The monoisotopic (exact) mass is 352 g/mol.